The molecule has 1 saturated heterocycles. The van der Waals surface area contributed by atoms with Crippen LogP contribution in [0.5, 0.6) is 0 Å². The summed E-state index contributed by atoms with van der Waals surface area (Å²) in [6.07, 6.45) is 9.47. The van der Waals surface area contributed by atoms with Gasteiger partial charge in [-0.1, -0.05) is 12.2 Å². The van der Waals surface area contributed by atoms with Gasteiger partial charge in [-0.2, -0.15) is 0 Å². The molecule has 1 heterocycles. The fourth-order valence-electron chi connectivity index (χ4n) is 2.46. The lowest BCUT2D eigenvalue weighted by atomic mass is 9.85. The van der Waals surface area contributed by atoms with E-state index in [2.05, 4.69) is 17.5 Å². The van der Waals surface area contributed by atoms with Gasteiger partial charge in [0.25, 0.3) is 0 Å². The standard InChI is InChI=1S/C11H19NO/c13-11-8-12-7-10(11)6-9-4-2-1-3-5-9/h1-2,9-13H,3-8H2/t9?,10-,11-/m1/s1. The van der Waals surface area contributed by atoms with Crippen molar-refractivity contribution < 1.29 is 5.11 Å². The number of hydrogen-bond acceptors (Lipinski definition) is 2. The van der Waals surface area contributed by atoms with Crippen LogP contribution in [0.1, 0.15) is 25.7 Å². The van der Waals surface area contributed by atoms with E-state index < -0.39 is 0 Å². The number of nitrogens with one attached hydrogen (secondary N) is 1. The molecule has 2 nitrogen and oxygen atoms in total. The van der Waals surface area contributed by atoms with E-state index in [0.29, 0.717) is 5.92 Å². The number of aliphatic hydroxyl groups is 1. The first-order chi connectivity index (χ1) is 6.36. The van der Waals surface area contributed by atoms with Gasteiger partial charge >= 0.3 is 0 Å². The van der Waals surface area contributed by atoms with E-state index in [4.69, 9.17) is 0 Å². The second kappa shape index (κ2) is 4.25. The van der Waals surface area contributed by atoms with E-state index in [1.807, 2.05) is 0 Å². The van der Waals surface area contributed by atoms with Gasteiger partial charge in [0.15, 0.2) is 0 Å². The zero-order valence-corrected chi connectivity index (χ0v) is 8.08. The van der Waals surface area contributed by atoms with Gasteiger partial charge in [0.05, 0.1) is 6.10 Å². The zero-order valence-electron chi connectivity index (χ0n) is 8.08. The summed E-state index contributed by atoms with van der Waals surface area (Å²) >= 11 is 0. The summed E-state index contributed by atoms with van der Waals surface area (Å²) in [5.74, 6) is 1.33. The highest BCUT2D eigenvalue weighted by atomic mass is 16.3. The van der Waals surface area contributed by atoms with Gasteiger partial charge < -0.3 is 10.4 Å². The maximum Gasteiger partial charge on any atom is 0.0704 e. The molecule has 0 spiro atoms. The third-order valence-corrected chi connectivity index (χ3v) is 3.32. The molecule has 13 heavy (non-hydrogen) atoms. The highest BCUT2D eigenvalue weighted by Crippen LogP contribution is 2.27. The third-order valence-electron chi connectivity index (χ3n) is 3.32. The summed E-state index contributed by atoms with van der Waals surface area (Å²) in [5, 5.41) is 12.9. The lowest BCUT2D eigenvalue weighted by Gasteiger charge is -2.22. The Kier molecular flexibility index (Phi) is 3.01. The molecule has 1 fully saturated rings. The molecule has 0 aromatic carbocycles. The normalized spacial score (nSPS) is 39.6. The highest BCUT2D eigenvalue weighted by Gasteiger charge is 2.27. The van der Waals surface area contributed by atoms with Crippen LogP contribution in [-0.4, -0.2) is 24.3 Å². The molecular formula is C11H19NO. The molecule has 1 unspecified atom stereocenters. The van der Waals surface area contributed by atoms with Crippen LogP contribution in [0.2, 0.25) is 0 Å². The Balaban J connectivity index is 1.79. The monoisotopic (exact) mass is 181 g/mol. The lowest BCUT2D eigenvalue weighted by molar-refractivity contribution is 0.130. The first kappa shape index (κ1) is 9.22. The second-order valence-corrected chi connectivity index (χ2v) is 4.37. The highest BCUT2D eigenvalue weighted by molar-refractivity contribution is 4.92. The number of hydrogen-bond donors (Lipinski definition) is 2. The van der Waals surface area contributed by atoms with Gasteiger partial charge in [-0.3, -0.25) is 0 Å². The summed E-state index contributed by atoms with van der Waals surface area (Å²) in [7, 11) is 0. The third kappa shape index (κ3) is 2.32. The Hall–Kier alpha value is -0.340. The summed E-state index contributed by atoms with van der Waals surface area (Å²) < 4.78 is 0. The summed E-state index contributed by atoms with van der Waals surface area (Å²) in [4.78, 5) is 0. The Bertz CT molecular complexity index is 191. The summed E-state index contributed by atoms with van der Waals surface area (Å²) in [6, 6.07) is 0. The van der Waals surface area contributed by atoms with Gasteiger partial charge in [-0.25, -0.2) is 0 Å². The van der Waals surface area contributed by atoms with Crippen LogP contribution in [0, 0.1) is 11.8 Å². The van der Waals surface area contributed by atoms with E-state index >= 15 is 0 Å². The van der Waals surface area contributed by atoms with Crippen LogP contribution in [0.3, 0.4) is 0 Å². The van der Waals surface area contributed by atoms with Gasteiger partial charge in [0, 0.05) is 13.1 Å². The molecule has 2 rings (SSSR count). The number of allylic oxidation sites excluding steroid dienone is 2. The van der Waals surface area contributed by atoms with Crippen LogP contribution >= 0.6 is 0 Å². The lowest BCUT2D eigenvalue weighted by Crippen LogP contribution is -2.21. The smallest absolute Gasteiger partial charge is 0.0704 e. The van der Waals surface area contributed by atoms with Gasteiger partial charge in [-0.15, -0.1) is 0 Å². The Morgan fingerprint density at radius 1 is 1.31 bits per heavy atom. The Labute approximate surface area is 80.0 Å². The van der Waals surface area contributed by atoms with Crippen molar-refractivity contribution in [2.45, 2.75) is 31.8 Å². The van der Waals surface area contributed by atoms with Crippen molar-refractivity contribution in [2.24, 2.45) is 11.8 Å². The van der Waals surface area contributed by atoms with E-state index in [1.165, 1.54) is 25.7 Å². The van der Waals surface area contributed by atoms with Crippen LogP contribution in [-0.2, 0) is 0 Å². The fourth-order valence-corrected chi connectivity index (χ4v) is 2.46. The van der Waals surface area contributed by atoms with Crippen molar-refractivity contribution in [3.63, 3.8) is 0 Å². The quantitative estimate of drug-likeness (QED) is 0.630. The maximum absolute atomic E-state index is 9.64. The first-order valence-corrected chi connectivity index (χ1v) is 5.40. The van der Waals surface area contributed by atoms with E-state index in [-0.39, 0.29) is 6.10 Å². The number of aliphatic hydroxyl groups excluding tert-OH is 1. The minimum absolute atomic E-state index is 0.0918. The van der Waals surface area contributed by atoms with Crippen LogP contribution in [0.15, 0.2) is 12.2 Å². The molecule has 2 aliphatic rings. The molecule has 1 aliphatic heterocycles. The summed E-state index contributed by atoms with van der Waals surface area (Å²) in [5.41, 5.74) is 0. The van der Waals surface area contributed by atoms with Crippen LogP contribution in [0.4, 0.5) is 0 Å². The topological polar surface area (TPSA) is 32.3 Å². The van der Waals surface area contributed by atoms with Gasteiger partial charge in [-0.05, 0) is 37.5 Å². The van der Waals surface area contributed by atoms with Gasteiger partial charge in [0.2, 0.25) is 0 Å². The molecule has 74 valence electrons. The van der Waals surface area contributed by atoms with Crippen LogP contribution in [0.25, 0.3) is 0 Å². The molecule has 2 N–H and O–H groups in total. The molecule has 2 heteroatoms. The summed E-state index contributed by atoms with van der Waals surface area (Å²) in [6.45, 7) is 1.81. The average Bonchev–Trinajstić information content (AvgIpc) is 2.54. The van der Waals surface area contributed by atoms with Crippen LogP contribution < -0.4 is 5.32 Å². The molecular weight excluding hydrogens is 162 g/mol. The Morgan fingerprint density at radius 2 is 2.23 bits per heavy atom. The maximum atomic E-state index is 9.64. The molecule has 0 saturated carbocycles. The van der Waals surface area contributed by atoms with Crippen molar-refractivity contribution in [3.8, 4) is 0 Å². The SMILES string of the molecule is O[C@@H]1CNC[C@H]1CC1CC=CCC1. The predicted molar refractivity (Wildman–Crippen MR) is 53.5 cm³/mol. The second-order valence-electron chi connectivity index (χ2n) is 4.37. The van der Waals surface area contributed by atoms with E-state index in [9.17, 15) is 5.11 Å². The molecule has 0 bridgehead atoms. The minimum Gasteiger partial charge on any atom is -0.391 e. The Morgan fingerprint density at radius 3 is 2.85 bits per heavy atom. The van der Waals surface area contributed by atoms with E-state index in [0.717, 1.165) is 19.0 Å². The largest absolute Gasteiger partial charge is 0.391 e. The molecule has 0 amide bonds. The van der Waals surface area contributed by atoms with Crippen molar-refractivity contribution >= 4 is 0 Å². The predicted octanol–water partition coefficient (Wildman–Crippen LogP) is 1.31. The molecule has 3 atom stereocenters. The molecule has 0 aromatic heterocycles. The van der Waals surface area contributed by atoms with Crippen molar-refractivity contribution in [3.05, 3.63) is 12.2 Å². The molecule has 0 aromatic rings. The average molecular weight is 181 g/mol. The van der Waals surface area contributed by atoms with Crippen molar-refractivity contribution in [1.82, 2.24) is 5.32 Å². The van der Waals surface area contributed by atoms with Crippen molar-refractivity contribution in [1.29, 1.82) is 0 Å². The van der Waals surface area contributed by atoms with Gasteiger partial charge in [0.1, 0.15) is 0 Å². The zero-order chi connectivity index (χ0) is 9.10. The number of rotatable bonds is 2. The molecule has 1 aliphatic carbocycles. The number of β-amino-alcohol motifs (C(OH)–C–C–N with tert-alkyl or cyclic N) is 1. The van der Waals surface area contributed by atoms with Crippen molar-refractivity contribution in [2.75, 3.05) is 13.1 Å². The minimum atomic E-state index is -0.0918. The fraction of sp³-hybridized carbons (Fsp3) is 0.818. The first-order valence-electron chi connectivity index (χ1n) is 5.40. The molecule has 0 radical (unpaired) electrons. The van der Waals surface area contributed by atoms with E-state index in [1.54, 1.807) is 0 Å².